The van der Waals surface area contributed by atoms with Gasteiger partial charge < -0.3 is 9.29 Å². The third-order valence-corrected chi connectivity index (χ3v) is 1.72. The first-order valence-corrected chi connectivity index (χ1v) is 4.91. The first kappa shape index (κ1) is 10.5. The Balaban J connectivity index is 3.01. The van der Waals surface area contributed by atoms with Crippen molar-refractivity contribution in [1.82, 2.24) is 0 Å². The van der Waals surface area contributed by atoms with Crippen LogP contribution in [0.1, 0.15) is 10.4 Å². The van der Waals surface area contributed by atoms with E-state index in [9.17, 15) is 13.2 Å². The Morgan fingerprint density at radius 1 is 1.43 bits per heavy atom. The second kappa shape index (κ2) is 3.64. The summed E-state index contributed by atoms with van der Waals surface area (Å²) in [5.74, 6) is -1.31. The Kier molecular flexibility index (Phi) is 2.73. The number of carboxylic acids is 1. The number of benzene rings is 1. The van der Waals surface area contributed by atoms with Gasteiger partial charge in [-0.1, -0.05) is 6.07 Å². The number of hydrogen-bond acceptors (Lipinski definition) is 4. The SMILES string of the molecule is NS(=O)(=O)Oc1cccc(C(=O)O)c1. The van der Waals surface area contributed by atoms with Crippen LogP contribution in [0.5, 0.6) is 5.75 Å². The molecule has 0 aliphatic carbocycles. The van der Waals surface area contributed by atoms with Gasteiger partial charge in [-0.15, -0.1) is 0 Å². The number of aromatic carboxylic acids is 1. The van der Waals surface area contributed by atoms with Gasteiger partial charge in [0.2, 0.25) is 0 Å². The van der Waals surface area contributed by atoms with Crippen LogP contribution in [0.15, 0.2) is 24.3 Å². The number of hydrogen-bond donors (Lipinski definition) is 2. The monoisotopic (exact) mass is 217 g/mol. The number of carbonyl (C=O) groups is 1. The third kappa shape index (κ3) is 3.04. The van der Waals surface area contributed by atoms with E-state index >= 15 is 0 Å². The summed E-state index contributed by atoms with van der Waals surface area (Å²) >= 11 is 0. The van der Waals surface area contributed by atoms with Crippen LogP contribution in [-0.2, 0) is 10.3 Å². The highest BCUT2D eigenvalue weighted by molar-refractivity contribution is 7.84. The minimum absolute atomic E-state index is 0.0776. The second-order valence-electron chi connectivity index (χ2n) is 2.41. The Morgan fingerprint density at radius 2 is 2.07 bits per heavy atom. The molecule has 0 radical (unpaired) electrons. The lowest BCUT2D eigenvalue weighted by Gasteiger charge is -2.02. The van der Waals surface area contributed by atoms with Crippen molar-refractivity contribution in [3.05, 3.63) is 29.8 Å². The molecule has 0 saturated carbocycles. The molecule has 0 spiro atoms. The van der Waals surface area contributed by atoms with Gasteiger partial charge in [-0.3, -0.25) is 0 Å². The van der Waals surface area contributed by atoms with Crippen molar-refractivity contribution >= 4 is 16.3 Å². The molecule has 7 heteroatoms. The molecule has 0 atom stereocenters. The van der Waals surface area contributed by atoms with E-state index in [2.05, 4.69) is 9.32 Å². The molecule has 0 fully saturated rings. The van der Waals surface area contributed by atoms with Crippen LogP contribution in [-0.4, -0.2) is 19.5 Å². The summed E-state index contributed by atoms with van der Waals surface area (Å²) in [6.45, 7) is 0. The third-order valence-electron chi connectivity index (χ3n) is 1.29. The predicted molar refractivity (Wildman–Crippen MR) is 47.1 cm³/mol. The topological polar surface area (TPSA) is 107 Å². The van der Waals surface area contributed by atoms with Gasteiger partial charge >= 0.3 is 16.3 Å². The van der Waals surface area contributed by atoms with Gasteiger partial charge in [-0.05, 0) is 18.2 Å². The van der Waals surface area contributed by atoms with Crippen molar-refractivity contribution in [2.45, 2.75) is 0 Å². The second-order valence-corrected chi connectivity index (χ2v) is 3.56. The predicted octanol–water partition coefficient (Wildman–Crippen LogP) is -0.0329. The van der Waals surface area contributed by atoms with E-state index < -0.39 is 16.3 Å². The molecular weight excluding hydrogens is 210 g/mol. The molecule has 3 N–H and O–H groups in total. The van der Waals surface area contributed by atoms with E-state index in [1.54, 1.807) is 0 Å². The minimum atomic E-state index is -4.11. The molecule has 0 saturated heterocycles. The maximum Gasteiger partial charge on any atom is 0.380 e. The quantitative estimate of drug-likeness (QED) is 0.739. The van der Waals surface area contributed by atoms with Crippen LogP contribution < -0.4 is 9.32 Å². The van der Waals surface area contributed by atoms with E-state index in [-0.39, 0.29) is 11.3 Å². The molecule has 0 bridgehead atoms. The fourth-order valence-electron chi connectivity index (χ4n) is 0.815. The van der Waals surface area contributed by atoms with Crippen LogP contribution in [0.4, 0.5) is 0 Å². The maximum atomic E-state index is 10.5. The van der Waals surface area contributed by atoms with Gasteiger partial charge in [0.25, 0.3) is 0 Å². The molecule has 0 aliphatic rings. The van der Waals surface area contributed by atoms with Crippen molar-refractivity contribution in [1.29, 1.82) is 0 Å². The Bertz CT molecular complexity index is 453. The summed E-state index contributed by atoms with van der Waals surface area (Å²) < 4.78 is 25.3. The summed E-state index contributed by atoms with van der Waals surface area (Å²) in [6, 6.07) is 5.01. The molecule has 0 aliphatic heterocycles. The Labute approximate surface area is 80.2 Å². The van der Waals surface area contributed by atoms with Crippen LogP contribution in [0.3, 0.4) is 0 Å². The highest BCUT2D eigenvalue weighted by Gasteiger charge is 2.08. The molecule has 76 valence electrons. The first-order chi connectivity index (χ1) is 6.38. The number of rotatable bonds is 3. The fraction of sp³-hybridized carbons (Fsp3) is 0. The molecule has 1 aromatic carbocycles. The first-order valence-electron chi connectivity index (χ1n) is 3.44. The van der Waals surface area contributed by atoms with Crippen molar-refractivity contribution in [3.8, 4) is 5.75 Å². The van der Waals surface area contributed by atoms with Gasteiger partial charge in [0.1, 0.15) is 5.75 Å². The molecule has 0 amide bonds. The fourth-order valence-corrected chi connectivity index (χ4v) is 1.19. The Morgan fingerprint density at radius 3 is 2.57 bits per heavy atom. The lowest BCUT2D eigenvalue weighted by molar-refractivity contribution is 0.0696. The molecule has 14 heavy (non-hydrogen) atoms. The molecular formula is C7H7NO5S. The highest BCUT2D eigenvalue weighted by atomic mass is 32.2. The van der Waals surface area contributed by atoms with E-state index in [0.29, 0.717) is 0 Å². The maximum absolute atomic E-state index is 10.5. The largest absolute Gasteiger partial charge is 0.478 e. The van der Waals surface area contributed by atoms with Crippen LogP contribution in [0.25, 0.3) is 0 Å². The zero-order valence-electron chi connectivity index (χ0n) is 6.88. The van der Waals surface area contributed by atoms with E-state index in [0.717, 1.165) is 6.07 Å². The summed E-state index contributed by atoms with van der Waals surface area (Å²) in [5.41, 5.74) is -0.0776. The molecule has 6 nitrogen and oxygen atoms in total. The zero-order chi connectivity index (χ0) is 10.8. The normalized spacial score (nSPS) is 10.9. The summed E-state index contributed by atoms with van der Waals surface area (Å²) in [7, 11) is -4.11. The van der Waals surface area contributed by atoms with E-state index in [1.807, 2.05) is 0 Å². The Hall–Kier alpha value is -1.60. The van der Waals surface area contributed by atoms with Crippen LogP contribution in [0, 0.1) is 0 Å². The van der Waals surface area contributed by atoms with Gasteiger partial charge in [0, 0.05) is 0 Å². The van der Waals surface area contributed by atoms with Gasteiger partial charge in [-0.2, -0.15) is 13.6 Å². The molecule has 1 aromatic rings. The zero-order valence-corrected chi connectivity index (χ0v) is 7.69. The average Bonchev–Trinajstić information content (AvgIpc) is 2.01. The number of nitrogens with two attached hydrogens (primary N) is 1. The molecule has 0 aromatic heterocycles. The standard InChI is InChI=1S/C7H7NO5S/c8-14(11,12)13-6-3-1-2-5(4-6)7(9)10/h1-4H,(H,9,10)(H2,8,11,12). The van der Waals surface area contributed by atoms with Gasteiger partial charge in [0.15, 0.2) is 0 Å². The molecule has 0 unspecified atom stereocenters. The van der Waals surface area contributed by atoms with Crippen LogP contribution in [0.2, 0.25) is 0 Å². The molecule has 0 heterocycles. The van der Waals surface area contributed by atoms with Crippen molar-refractivity contribution in [2.24, 2.45) is 5.14 Å². The average molecular weight is 217 g/mol. The van der Waals surface area contributed by atoms with Crippen molar-refractivity contribution in [2.75, 3.05) is 0 Å². The van der Waals surface area contributed by atoms with Gasteiger partial charge in [-0.25, -0.2) is 4.79 Å². The van der Waals surface area contributed by atoms with Crippen molar-refractivity contribution in [3.63, 3.8) is 0 Å². The van der Waals surface area contributed by atoms with E-state index in [4.69, 9.17) is 5.11 Å². The molecule has 1 rings (SSSR count). The lowest BCUT2D eigenvalue weighted by atomic mass is 10.2. The summed E-state index contributed by atoms with van der Waals surface area (Å²) in [6.07, 6.45) is 0. The number of carboxylic acid groups (broad SMARTS) is 1. The van der Waals surface area contributed by atoms with Gasteiger partial charge in [0.05, 0.1) is 5.56 Å². The van der Waals surface area contributed by atoms with Crippen LogP contribution >= 0.6 is 0 Å². The smallest absolute Gasteiger partial charge is 0.380 e. The minimum Gasteiger partial charge on any atom is -0.478 e. The van der Waals surface area contributed by atoms with E-state index in [1.165, 1.54) is 18.2 Å². The summed E-state index contributed by atoms with van der Waals surface area (Å²) in [5, 5.41) is 13.2. The lowest BCUT2D eigenvalue weighted by Crippen LogP contribution is -2.19. The van der Waals surface area contributed by atoms with Crippen molar-refractivity contribution < 1.29 is 22.5 Å². The summed E-state index contributed by atoms with van der Waals surface area (Å²) in [4.78, 5) is 10.5. The highest BCUT2D eigenvalue weighted by Crippen LogP contribution is 2.14.